The Morgan fingerprint density at radius 2 is 0.837 bits per heavy atom. The van der Waals surface area contributed by atoms with Crippen molar-refractivity contribution in [3.8, 4) is 23.3 Å². The van der Waals surface area contributed by atoms with Gasteiger partial charge in [0.25, 0.3) is 10.1 Å². The quantitative estimate of drug-likeness (QED) is 0.0774. The standard InChI is InChI=1S/C28H27ClF2O5S.C22H20ClF2NO2.C21H21ClF2O3/c1-18-2-8-21(9-3-18)37(32,33)36-14-12-25-22-17-35-27-24(31)11-10-23(30)26(27)28(22,13-15-34-25)16-19-4-6-20(29)7-5-19;23-15-5-3-14(4-6-15)12-22-9-11-27-19(2-1-10-26)16(22)13-28-21-18(25)8-7-17(24)20(21)22;22-14-3-1-13(2-4-14)11-21-8-10-26-18(7-9-25)15(21)12-27-20-17(24)6-5-16(23)19(20)21/h2-11,22,25H,12-17H2,1H3;3-8,16,19H,1-2,9,11-13H2;1-6,15,18,25H,7-12H2/t22-,25-,28-;16-,19-,22-;15-,18-,21-/m111/s1. The maximum Gasteiger partial charge on any atom is 0.296 e. The van der Waals surface area contributed by atoms with Gasteiger partial charge in [0, 0.05) is 98.6 Å². The van der Waals surface area contributed by atoms with Crippen LogP contribution in [0.15, 0.2) is 138 Å². The first-order valence-corrected chi connectivity index (χ1v) is 33.2. The molecule has 21 heteroatoms. The lowest BCUT2D eigenvalue weighted by molar-refractivity contribution is -0.103. The zero-order valence-electron chi connectivity index (χ0n) is 50.3. The Morgan fingerprint density at radius 1 is 0.500 bits per heavy atom. The smallest absolute Gasteiger partial charge is 0.296 e. The number of halogens is 9. The lowest BCUT2D eigenvalue weighted by Gasteiger charge is -2.51. The highest BCUT2D eigenvalue weighted by Gasteiger charge is 2.56. The van der Waals surface area contributed by atoms with E-state index in [0.717, 1.165) is 46.5 Å². The summed E-state index contributed by atoms with van der Waals surface area (Å²) in [5, 5.41) is 20.3. The first kappa shape index (κ1) is 67.1. The van der Waals surface area contributed by atoms with E-state index in [1.54, 1.807) is 48.5 Å². The molecule has 3 saturated heterocycles. The molecule has 6 heterocycles. The molecule has 11 nitrogen and oxygen atoms in total. The number of rotatable bonds is 15. The maximum atomic E-state index is 15.4. The summed E-state index contributed by atoms with van der Waals surface area (Å²) in [6, 6.07) is 37.5. The van der Waals surface area contributed by atoms with Crippen molar-refractivity contribution in [1.82, 2.24) is 0 Å². The Bertz CT molecular complexity index is 3910. The summed E-state index contributed by atoms with van der Waals surface area (Å²) < 4.78 is 155. The van der Waals surface area contributed by atoms with Crippen molar-refractivity contribution < 1.29 is 72.5 Å². The van der Waals surface area contributed by atoms with Gasteiger partial charge in [-0.3, -0.25) is 4.18 Å². The van der Waals surface area contributed by atoms with E-state index in [4.69, 9.17) is 72.7 Å². The Balaban J connectivity index is 0.000000144. The van der Waals surface area contributed by atoms with E-state index in [1.165, 1.54) is 24.3 Å². The van der Waals surface area contributed by atoms with Crippen LogP contribution in [0.5, 0.6) is 17.2 Å². The van der Waals surface area contributed by atoms with Gasteiger partial charge in [0.05, 0.1) is 55.7 Å². The summed E-state index contributed by atoms with van der Waals surface area (Å²) in [7, 11) is -3.94. The number of nitrogens with zero attached hydrogens (tertiary/aromatic N) is 1. The van der Waals surface area contributed by atoms with E-state index in [0.29, 0.717) is 104 Å². The average Bonchev–Trinajstić information content (AvgIpc) is 0.742. The fraction of sp³-hybridized carbons (Fsp3) is 0.394. The van der Waals surface area contributed by atoms with Crippen LogP contribution in [0.25, 0.3) is 0 Å². The summed E-state index contributed by atoms with van der Waals surface area (Å²) in [4.78, 5) is 0.0761. The Hall–Kier alpha value is -6.37. The van der Waals surface area contributed by atoms with Crippen molar-refractivity contribution in [1.29, 1.82) is 5.26 Å². The van der Waals surface area contributed by atoms with Gasteiger partial charge >= 0.3 is 0 Å². The summed E-state index contributed by atoms with van der Waals surface area (Å²) >= 11 is 18.1. The first-order chi connectivity index (χ1) is 44.3. The van der Waals surface area contributed by atoms with Crippen LogP contribution >= 0.6 is 34.8 Å². The fourth-order valence-corrected chi connectivity index (χ4v) is 16.2. The Labute approximate surface area is 546 Å². The van der Waals surface area contributed by atoms with Crippen LogP contribution in [0.3, 0.4) is 0 Å². The van der Waals surface area contributed by atoms with Crippen LogP contribution < -0.4 is 14.2 Å². The SMILES string of the molecule is Cc1ccc(S(=O)(=O)OCC[C@H]2OCC[C@]3(Cc4ccc(Cl)cc4)c4c(F)ccc(F)c4OC[C@H]23)cc1.N#CCC[C@H]1OCC[C@]2(Cc3ccc(Cl)cc3)c3c(F)ccc(F)c3OC[C@H]12.OCC[C@H]1OCC[C@]2(Cc3ccc(Cl)cc3)c3c(F)ccc(F)c3OC[C@H]12. The number of hydrogen-bond donors (Lipinski definition) is 1. The molecule has 7 aromatic rings. The molecule has 13 rings (SSSR count). The van der Waals surface area contributed by atoms with Gasteiger partial charge in [0.1, 0.15) is 17.5 Å². The van der Waals surface area contributed by atoms with Crippen molar-refractivity contribution in [3.63, 3.8) is 0 Å². The topological polar surface area (TPSA) is 143 Å². The summed E-state index contributed by atoms with van der Waals surface area (Å²) in [5.41, 5.74) is 2.50. The molecule has 0 amide bonds. The molecule has 1 N–H and O–H groups in total. The number of benzene rings is 7. The number of hydrogen-bond acceptors (Lipinski definition) is 11. The molecule has 9 atom stereocenters. The van der Waals surface area contributed by atoms with E-state index in [1.807, 2.05) is 43.3 Å². The summed E-state index contributed by atoms with van der Waals surface area (Å²) in [6.07, 6.45) is 3.61. The molecule has 0 radical (unpaired) electrons. The molecule has 7 aromatic carbocycles. The van der Waals surface area contributed by atoms with Crippen LogP contribution in [0, 0.1) is 70.9 Å². The summed E-state index contributed by atoms with van der Waals surface area (Å²) in [5.74, 6) is -3.94. The average molecular weight is 1350 g/mol. The molecule has 0 spiro atoms. The predicted molar refractivity (Wildman–Crippen MR) is 335 cm³/mol. The lowest BCUT2D eigenvalue weighted by Crippen LogP contribution is -2.55. The molecule has 6 aliphatic rings. The number of aryl methyl sites for hydroxylation is 1. The van der Waals surface area contributed by atoms with E-state index in [-0.39, 0.29) is 97.1 Å². The fourth-order valence-electron chi connectivity index (χ4n) is 14.9. The molecule has 0 aliphatic carbocycles. The highest BCUT2D eigenvalue weighted by atomic mass is 35.5. The third kappa shape index (κ3) is 13.8. The predicted octanol–water partition coefficient (Wildman–Crippen LogP) is 15.5. The molecular formula is C71H68Cl3F6NO10S. The van der Waals surface area contributed by atoms with Crippen LogP contribution in [0.4, 0.5) is 26.3 Å². The number of nitriles is 1. The van der Waals surface area contributed by atoms with Gasteiger partial charge in [0.2, 0.25) is 0 Å². The number of aliphatic hydroxyl groups excluding tert-OH is 1. The van der Waals surface area contributed by atoms with Gasteiger partial charge in [-0.15, -0.1) is 0 Å². The molecule has 0 unspecified atom stereocenters. The van der Waals surface area contributed by atoms with Gasteiger partial charge < -0.3 is 33.5 Å². The van der Waals surface area contributed by atoms with Gasteiger partial charge in [-0.1, -0.05) is 88.9 Å². The molecule has 486 valence electrons. The minimum atomic E-state index is -3.94. The van der Waals surface area contributed by atoms with E-state index >= 15 is 8.78 Å². The van der Waals surface area contributed by atoms with Crippen LogP contribution in [0.2, 0.25) is 15.1 Å². The largest absolute Gasteiger partial charge is 0.490 e. The highest BCUT2D eigenvalue weighted by Crippen LogP contribution is 2.56. The molecule has 6 aliphatic heterocycles. The number of fused-ring (bicyclic) bond motifs is 9. The van der Waals surface area contributed by atoms with Gasteiger partial charge in [-0.25, -0.2) is 26.3 Å². The maximum absolute atomic E-state index is 15.4. The Morgan fingerprint density at radius 3 is 1.18 bits per heavy atom. The van der Waals surface area contributed by atoms with Crippen molar-refractivity contribution in [2.45, 2.75) is 111 Å². The van der Waals surface area contributed by atoms with Crippen LogP contribution in [-0.4, -0.2) is 84.7 Å². The van der Waals surface area contributed by atoms with Crippen molar-refractivity contribution in [2.75, 3.05) is 52.9 Å². The molecule has 0 aromatic heterocycles. The molecule has 0 saturated carbocycles. The van der Waals surface area contributed by atoms with E-state index < -0.39 is 67.4 Å². The minimum absolute atomic E-state index is 0.00450. The summed E-state index contributed by atoms with van der Waals surface area (Å²) in [6.45, 7) is 3.43. The molecular weight excluding hydrogens is 1280 g/mol. The number of ether oxygens (including phenoxy) is 6. The van der Waals surface area contributed by atoms with Crippen molar-refractivity contribution in [3.05, 3.63) is 222 Å². The van der Waals surface area contributed by atoms with Crippen LogP contribution in [0.1, 0.15) is 83.9 Å². The van der Waals surface area contributed by atoms with Crippen LogP contribution in [-0.2, 0) is 64.0 Å². The second-order valence-corrected chi connectivity index (χ2v) is 27.3. The molecule has 92 heavy (non-hydrogen) atoms. The second kappa shape index (κ2) is 28.7. The lowest BCUT2D eigenvalue weighted by atomic mass is 9.60. The van der Waals surface area contributed by atoms with E-state index in [9.17, 15) is 31.1 Å². The minimum Gasteiger partial charge on any atom is -0.490 e. The monoisotopic (exact) mass is 1350 g/mol. The Kier molecular flexibility index (Phi) is 20.9. The van der Waals surface area contributed by atoms with Crippen molar-refractivity contribution >= 4 is 44.9 Å². The first-order valence-electron chi connectivity index (χ1n) is 30.7. The van der Waals surface area contributed by atoms with E-state index in [2.05, 4.69) is 6.07 Å². The third-order valence-electron chi connectivity index (χ3n) is 19.2. The highest BCUT2D eigenvalue weighted by molar-refractivity contribution is 7.86. The molecule has 3 fully saturated rings. The molecule has 0 bridgehead atoms. The van der Waals surface area contributed by atoms with Gasteiger partial charge in [-0.05, 0) is 166 Å². The van der Waals surface area contributed by atoms with Crippen molar-refractivity contribution in [2.24, 2.45) is 17.8 Å². The zero-order valence-corrected chi connectivity index (χ0v) is 53.4. The second-order valence-electron chi connectivity index (χ2n) is 24.4. The normalized spacial score (nSPS) is 25.1. The third-order valence-corrected chi connectivity index (χ3v) is 21.3. The number of aliphatic hydroxyl groups is 1. The van der Waals surface area contributed by atoms with Gasteiger partial charge in [0.15, 0.2) is 34.7 Å². The zero-order chi connectivity index (χ0) is 65.0. The van der Waals surface area contributed by atoms with Gasteiger partial charge in [-0.2, -0.15) is 13.7 Å².